The lowest BCUT2D eigenvalue weighted by atomic mass is 9.84. The minimum Gasteiger partial charge on any atom is -0.352 e. The number of likely N-dealkylation sites (tertiary alicyclic amines) is 1. The van der Waals surface area contributed by atoms with E-state index in [1.165, 1.54) is 17.7 Å². The van der Waals surface area contributed by atoms with Gasteiger partial charge in [-0.25, -0.2) is 4.98 Å². The molecule has 21 heavy (non-hydrogen) atoms. The number of hydrogen-bond acceptors (Lipinski definition) is 4. The minimum absolute atomic E-state index is 0.290. The van der Waals surface area contributed by atoms with E-state index in [9.17, 15) is 4.79 Å². The van der Waals surface area contributed by atoms with E-state index in [2.05, 4.69) is 29.0 Å². The number of thiazole rings is 1. The second kappa shape index (κ2) is 6.44. The summed E-state index contributed by atoms with van der Waals surface area (Å²) >= 11 is 1.80. The molecule has 1 aromatic heterocycles. The molecule has 3 rings (SSSR count). The highest BCUT2D eigenvalue weighted by atomic mass is 32.1. The van der Waals surface area contributed by atoms with E-state index in [1.807, 2.05) is 0 Å². The second-order valence-electron chi connectivity index (χ2n) is 6.45. The van der Waals surface area contributed by atoms with E-state index >= 15 is 0 Å². The molecule has 5 heteroatoms. The molecule has 1 atom stereocenters. The van der Waals surface area contributed by atoms with Gasteiger partial charge in [-0.3, -0.25) is 9.69 Å². The van der Waals surface area contributed by atoms with Crippen LogP contribution in [0.4, 0.5) is 0 Å². The van der Waals surface area contributed by atoms with E-state index in [0.717, 1.165) is 49.6 Å². The first-order valence-electron chi connectivity index (χ1n) is 8.07. The molecular weight excluding hydrogens is 282 g/mol. The Kier molecular flexibility index (Phi) is 4.60. The van der Waals surface area contributed by atoms with Gasteiger partial charge in [-0.15, -0.1) is 11.3 Å². The lowest BCUT2D eigenvalue weighted by Gasteiger charge is -2.34. The molecule has 0 bridgehead atoms. The van der Waals surface area contributed by atoms with Gasteiger partial charge >= 0.3 is 0 Å². The Morgan fingerprint density at radius 1 is 1.33 bits per heavy atom. The van der Waals surface area contributed by atoms with Crippen LogP contribution < -0.4 is 5.32 Å². The Bertz CT molecular complexity index is 510. The molecule has 1 saturated heterocycles. The van der Waals surface area contributed by atoms with Crippen molar-refractivity contribution in [3.63, 3.8) is 0 Å². The van der Waals surface area contributed by atoms with Crippen molar-refractivity contribution in [2.24, 2.45) is 5.92 Å². The van der Waals surface area contributed by atoms with Gasteiger partial charge in [0.25, 0.3) is 0 Å². The molecule has 2 fully saturated rings. The fourth-order valence-electron chi connectivity index (χ4n) is 3.23. The normalized spacial score (nSPS) is 23.8. The highest BCUT2D eigenvalue weighted by Crippen LogP contribution is 2.27. The number of nitrogens with one attached hydrogen (secondary N) is 1. The van der Waals surface area contributed by atoms with Crippen molar-refractivity contribution in [3.8, 4) is 0 Å². The first kappa shape index (κ1) is 15.0. The number of hydrogen-bond donors (Lipinski definition) is 1. The monoisotopic (exact) mass is 307 g/mol. The maximum absolute atomic E-state index is 12.1. The van der Waals surface area contributed by atoms with Crippen molar-refractivity contribution >= 4 is 17.2 Å². The summed E-state index contributed by atoms with van der Waals surface area (Å²) in [4.78, 5) is 20.4. The number of piperidine rings is 1. The van der Waals surface area contributed by atoms with Gasteiger partial charge in [0.2, 0.25) is 5.91 Å². The zero-order valence-electron chi connectivity index (χ0n) is 13.0. The van der Waals surface area contributed by atoms with E-state index < -0.39 is 0 Å². The Morgan fingerprint density at radius 3 is 2.76 bits per heavy atom. The maximum atomic E-state index is 12.1. The van der Waals surface area contributed by atoms with Crippen LogP contribution in [0.3, 0.4) is 0 Å². The summed E-state index contributed by atoms with van der Waals surface area (Å²) in [5.41, 5.74) is 1.16. The van der Waals surface area contributed by atoms with Crippen LogP contribution in [0.15, 0.2) is 0 Å². The molecule has 1 amide bonds. The number of nitrogens with zero attached hydrogens (tertiary/aromatic N) is 2. The number of aromatic nitrogens is 1. The lowest BCUT2D eigenvalue weighted by molar-refractivity contribution is -0.128. The van der Waals surface area contributed by atoms with Crippen LogP contribution in [0, 0.1) is 19.8 Å². The third-order valence-electron chi connectivity index (χ3n) is 4.69. The summed E-state index contributed by atoms with van der Waals surface area (Å²) < 4.78 is 0. The molecule has 1 unspecified atom stereocenters. The zero-order valence-corrected chi connectivity index (χ0v) is 13.8. The topological polar surface area (TPSA) is 45.2 Å². The first-order valence-corrected chi connectivity index (χ1v) is 8.89. The molecule has 0 spiro atoms. The van der Waals surface area contributed by atoms with Crippen LogP contribution in [-0.2, 0) is 11.3 Å². The van der Waals surface area contributed by atoms with Gasteiger partial charge in [-0.1, -0.05) is 6.42 Å². The molecule has 116 valence electrons. The van der Waals surface area contributed by atoms with Crippen LogP contribution in [0.2, 0.25) is 0 Å². The van der Waals surface area contributed by atoms with Gasteiger partial charge < -0.3 is 5.32 Å². The third kappa shape index (κ3) is 3.64. The smallest absolute Gasteiger partial charge is 0.223 e. The van der Waals surface area contributed by atoms with Crippen molar-refractivity contribution in [2.75, 3.05) is 13.1 Å². The minimum atomic E-state index is 0.290. The molecule has 0 aromatic carbocycles. The van der Waals surface area contributed by atoms with E-state index in [-0.39, 0.29) is 5.91 Å². The van der Waals surface area contributed by atoms with Gasteiger partial charge in [0.15, 0.2) is 0 Å². The summed E-state index contributed by atoms with van der Waals surface area (Å²) in [6, 6.07) is 0.334. The van der Waals surface area contributed by atoms with Crippen molar-refractivity contribution < 1.29 is 4.79 Å². The summed E-state index contributed by atoms with van der Waals surface area (Å²) in [5, 5.41) is 4.41. The number of amides is 1. The summed E-state index contributed by atoms with van der Waals surface area (Å²) in [5.74, 6) is 0.588. The molecule has 2 aliphatic rings. The standard InChI is InChI=1S/C16H25N3OS/c1-11-15(21-12(2)17-11)10-19-8-4-7-14(9-19)18-16(20)13-5-3-6-13/h13-14H,3-10H2,1-2H3,(H,18,20). The molecule has 1 saturated carbocycles. The van der Waals surface area contributed by atoms with E-state index in [4.69, 9.17) is 0 Å². The molecule has 1 N–H and O–H groups in total. The fraction of sp³-hybridized carbons (Fsp3) is 0.750. The highest BCUT2D eigenvalue weighted by molar-refractivity contribution is 7.11. The quantitative estimate of drug-likeness (QED) is 0.930. The van der Waals surface area contributed by atoms with Crippen LogP contribution >= 0.6 is 11.3 Å². The maximum Gasteiger partial charge on any atom is 0.223 e. The Labute approximate surface area is 130 Å². The average Bonchev–Trinajstić information content (AvgIpc) is 2.65. The Balaban J connectivity index is 1.53. The highest BCUT2D eigenvalue weighted by Gasteiger charge is 2.28. The van der Waals surface area contributed by atoms with Crippen molar-refractivity contribution in [2.45, 2.75) is 58.5 Å². The molecule has 1 aliphatic carbocycles. The van der Waals surface area contributed by atoms with Gasteiger partial charge in [0, 0.05) is 29.9 Å². The summed E-state index contributed by atoms with van der Waals surface area (Å²) in [6.07, 6.45) is 5.68. The first-order chi connectivity index (χ1) is 10.1. The summed E-state index contributed by atoms with van der Waals surface area (Å²) in [6.45, 7) is 7.26. The molecule has 1 aliphatic heterocycles. The van der Waals surface area contributed by atoms with Gasteiger partial charge in [-0.2, -0.15) is 0 Å². The van der Waals surface area contributed by atoms with Crippen LogP contribution in [-0.4, -0.2) is 34.9 Å². The molecule has 1 aromatic rings. The second-order valence-corrected chi connectivity index (χ2v) is 7.74. The van der Waals surface area contributed by atoms with Crippen molar-refractivity contribution in [1.82, 2.24) is 15.2 Å². The molecular formula is C16H25N3OS. The van der Waals surface area contributed by atoms with E-state index in [0.29, 0.717) is 12.0 Å². The van der Waals surface area contributed by atoms with Gasteiger partial charge in [0.1, 0.15) is 0 Å². The SMILES string of the molecule is Cc1nc(C)c(CN2CCCC(NC(=O)C3CCC3)C2)s1. The predicted octanol–water partition coefficient (Wildman–Crippen LogP) is 2.64. The molecule has 4 nitrogen and oxygen atoms in total. The number of aryl methyl sites for hydroxylation is 2. The Hall–Kier alpha value is -0.940. The zero-order chi connectivity index (χ0) is 14.8. The Morgan fingerprint density at radius 2 is 2.14 bits per heavy atom. The molecule has 0 radical (unpaired) electrons. The van der Waals surface area contributed by atoms with Crippen molar-refractivity contribution in [1.29, 1.82) is 0 Å². The average molecular weight is 307 g/mol. The van der Waals surface area contributed by atoms with Crippen LogP contribution in [0.25, 0.3) is 0 Å². The van der Waals surface area contributed by atoms with E-state index in [1.54, 1.807) is 11.3 Å². The third-order valence-corrected chi connectivity index (χ3v) is 5.75. The number of carbonyl (C=O) groups excluding carboxylic acids is 1. The fourth-order valence-corrected chi connectivity index (χ4v) is 4.21. The largest absolute Gasteiger partial charge is 0.352 e. The van der Waals surface area contributed by atoms with Gasteiger partial charge in [-0.05, 0) is 46.1 Å². The summed E-state index contributed by atoms with van der Waals surface area (Å²) in [7, 11) is 0. The van der Waals surface area contributed by atoms with Gasteiger partial charge in [0.05, 0.1) is 10.7 Å². The van der Waals surface area contributed by atoms with Crippen molar-refractivity contribution in [3.05, 3.63) is 15.6 Å². The molecule has 2 heterocycles. The number of carbonyl (C=O) groups is 1. The van der Waals surface area contributed by atoms with Crippen LogP contribution in [0.1, 0.15) is 47.7 Å². The predicted molar refractivity (Wildman–Crippen MR) is 85.4 cm³/mol. The van der Waals surface area contributed by atoms with Crippen LogP contribution in [0.5, 0.6) is 0 Å². The lowest BCUT2D eigenvalue weighted by Crippen LogP contribution is -2.49. The number of rotatable bonds is 4.